The molecule has 0 bridgehead atoms. The van der Waals surface area contributed by atoms with Gasteiger partial charge in [-0.25, -0.2) is 9.97 Å². The number of carbonyl (C=O) groups is 1. The van der Waals surface area contributed by atoms with Crippen LogP contribution >= 0.6 is 0 Å². The Bertz CT molecular complexity index is 1290. The van der Waals surface area contributed by atoms with E-state index >= 15 is 0 Å². The fraction of sp³-hybridized carbons (Fsp3) is 0.292. The van der Waals surface area contributed by atoms with E-state index in [9.17, 15) is 4.79 Å². The minimum atomic E-state index is -0.209. The van der Waals surface area contributed by atoms with Crippen LogP contribution in [-0.2, 0) is 7.05 Å². The SMILES string of the molecule is CCN1CCN(c2cc(C(=O)Nc3cc4cc(-c5cnn(C)c5)ncc4cn3)ccn2)CC1. The van der Waals surface area contributed by atoms with Crippen molar-refractivity contribution in [2.45, 2.75) is 6.92 Å². The van der Waals surface area contributed by atoms with Gasteiger partial charge in [-0.3, -0.25) is 14.5 Å². The van der Waals surface area contributed by atoms with E-state index in [4.69, 9.17) is 0 Å². The number of hydrogen-bond acceptors (Lipinski definition) is 7. The molecule has 1 saturated heterocycles. The van der Waals surface area contributed by atoms with Crippen LogP contribution in [0.5, 0.6) is 0 Å². The van der Waals surface area contributed by atoms with E-state index in [2.05, 4.69) is 42.1 Å². The van der Waals surface area contributed by atoms with Gasteiger partial charge in [0.05, 0.1) is 11.9 Å². The minimum absolute atomic E-state index is 0.209. The molecule has 33 heavy (non-hydrogen) atoms. The van der Waals surface area contributed by atoms with Gasteiger partial charge in [-0.1, -0.05) is 6.92 Å². The molecule has 0 saturated carbocycles. The zero-order valence-corrected chi connectivity index (χ0v) is 18.8. The number of hydrogen-bond donors (Lipinski definition) is 1. The summed E-state index contributed by atoms with van der Waals surface area (Å²) in [5.74, 6) is 1.11. The largest absolute Gasteiger partial charge is 0.354 e. The van der Waals surface area contributed by atoms with Gasteiger partial charge in [-0.05, 0) is 36.2 Å². The number of nitrogens with zero attached hydrogens (tertiary/aromatic N) is 7. The van der Waals surface area contributed by atoms with Crippen molar-refractivity contribution in [2.75, 3.05) is 42.9 Å². The maximum Gasteiger partial charge on any atom is 0.257 e. The number of piperazine rings is 1. The molecule has 4 aromatic heterocycles. The number of amides is 1. The van der Waals surface area contributed by atoms with E-state index in [0.29, 0.717) is 11.4 Å². The zero-order chi connectivity index (χ0) is 22.8. The lowest BCUT2D eigenvalue weighted by Gasteiger charge is -2.34. The van der Waals surface area contributed by atoms with Crippen molar-refractivity contribution in [1.82, 2.24) is 29.6 Å². The Balaban J connectivity index is 1.33. The molecule has 0 spiro atoms. The quantitative estimate of drug-likeness (QED) is 0.508. The van der Waals surface area contributed by atoms with Gasteiger partial charge in [-0.2, -0.15) is 5.10 Å². The van der Waals surface area contributed by atoms with E-state index < -0.39 is 0 Å². The lowest BCUT2D eigenvalue weighted by atomic mass is 10.1. The van der Waals surface area contributed by atoms with E-state index in [1.807, 2.05) is 31.4 Å². The van der Waals surface area contributed by atoms with Crippen molar-refractivity contribution >= 4 is 28.3 Å². The first-order valence-electron chi connectivity index (χ1n) is 11.1. The highest BCUT2D eigenvalue weighted by molar-refractivity contribution is 6.05. The molecule has 9 nitrogen and oxygen atoms in total. The van der Waals surface area contributed by atoms with Crippen molar-refractivity contribution in [3.05, 3.63) is 60.8 Å². The van der Waals surface area contributed by atoms with Crippen LogP contribution in [0.15, 0.2) is 55.2 Å². The first-order valence-corrected chi connectivity index (χ1v) is 11.1. The third-order valence-corrected chi connectivity index (χ3v) is 6.00. The van der Waals surface area contributed by atoms with Crippen molar-refractivity contribution < 1.29 is 4.79 Å². The number of anilines is 2. The second-order valence-corrected chi connectivity index (χ2v) is 8.17. The molecule has 1 N–H and O–H groups in total. The topological polar surface area (TPSA) is 92.1 Å². The van der Waals surface area contributed by atoms with Crippen molar-refractivity contribution in [2.24, 2.45) is 7.05 Å². The third-order valence-electron chi connectivity index (χ3n) is 6.00. The first kappa shape index (κ1) is 21.0. The van der Waals surface area contributed by atoms with Gasteiger partial charge < -0.3 is 15.1 Å². The summed E-state index contributed by atoms with van der Waals surface area (Å²) >= 11 is 0. The van der Waals surface area contributed by atoms with Gasteiger partial charge >= 0.3 is 0 Å². The number of aryl methyl sites for hydroxylation is 1. The molecule has 1 aliphatic rings. The highest BCUT2D eigenvalue weighted by atomic mass is 16.1. The Kier molecular flexibility index (Phi) is 5.70. The summed E-state index contributed by atoms with van der Waals surface area (Å²) in [6.07, 6.45) is 8.89. The molecule has 5 rings (SSSR count). The van der Waals surface area contributed by atoms with Crippen molar-refractivity contribution in [1.29, 1.82) is 0 Å². The Labute approximate surface area is 192 Å². The second-order valence-electron chi connectivity index (χ2n) is 8.17. The molecule has 0 radical (unpaired) electrons. The predicted molar refractivity (Wildman–Crippen MR) is 128 cm³/mol. The summed E-state index contributed by atoms with van der Waals surface area (Å²) in [7, 11) is 1.87. The highest BCUT2D eigenvalue weighted by Crippen LogP contribution is 2.23. The number of likely N-dealkylation sites (N-methyl/N-ethyl adjacent to an activating group) is 1. The molecule has 168 valence electrons. The molecule has 4 aromatic rings. The molecule has 0 unspecified atom stereocenters. The molecule has 1 fully saturated rings. The molecule has 0 aliphatic carbocycles. The van der Waals surface area contributed by atoms with Crippen LogP contribution in [0.2, 0.25) is 0 Å². The molecule has 1 amide bonds. The Morgan fingerprint density at radius 1 is 1.00 bits per heavy atom. The minimum Gasteiger partial charge on any atom is -0.354 e. The van der Waals surface area contributed by atoms with Crippen LogP contribution in [0.3, 0.4) is 0 Å². The monoisotopic (exact) mass is 442 g/mol. The fourth-order valence-corrected chi connectivity index (χ4v) is 4.03. The summed E-state index contributed by atoms with van der Waals surface area (Å²) in [6, 6.07) is 7.42. The molecule has 5 heterocycles. The van der Waals surface area contributed by atoms with Gasteiger partial charge in [-0.15, -0.1) is 0 Å². The van der Waals surface area contributed by atoms with Crippen LogP contribution in [0.25, 0.3) is 22.0 Å². The van der Waals surface area contributed by atoms with Crippen LogP contribution in [0, 0.1) is 0 Å². The van der Waals surface area contributed by atoms with Crippen LogP contribution in [0.4, 0.5) is 11.6 Å². The maximum absolute atomic E-state index is 12.9. The lowest BCUT2D eigenvalue weighted by Crippen LogP contribution is -2.46. The number of pyridine rings is 3. The third kappa shape index (κ3) is 4.54. The zero-order valence-electron chi connectivity index (χ0n) is 18.8. The molecular formula is C24H26N8O. The van der Waals surface area contributed by atoms with E-state index in [0.717, 1.165) is 60.6 Å². The van der Waals surface area contributed by atoms with Gasteiger partial charge in [0.25, 0.3) is 5.91 Å². The summed E-state index contributed by atoms with van der Waals surface area (Å²) in [5, 5.41) is 8.97. The standard InChI is InChI=1S/C24H26N8O/c1-3-31-6-8-32(9-7-31)23-12-17(4-5-25-23)24(33)29-22-11-18-10-21(20-15-28-30(2)16-20)26-13-19(18)14-27-22/h4-5,10-16H,3,6-9H2,1-2H3,(H,27,29,33). The molecule has 0 aromatic carbocycles. The van der Waals surface area contributed by atoms with Crippen LogP contribution in [-0.4, -0.2) is 68.3 Å². The van der Waals surface area contributed by atoms with Gasteiger partial charge in [0.15, 0.2) is 0 Å². The summed E-state index contributed by atoms with van der Waals surface area (Å²) in [5.41, 5.74) is 2.32. The van der Waals surface area contributed by atoms with E-state index in [1.54, 1.807) is 35.5 Å². The number of nitrogens with one attached hydrogen (secondary N) is 1. The molecular weight excluding hydrogens is 416 g/mol. The van der Waals surface area contributed by atoms with Crippen LogP contribution < -0.4 is 10.2 Å². The second kappa shape index (κ2) is 8.95. The number of fused-ring (bicyclic) bond motifs is 1. The van der Waals surface area contributed by atoms with Gasteiger partial charge in [0, 0.05) is 74.5 Å². The summed E-state index contributed by atoms with van der Waals surface area (Å²) in [4.78, 5) is 31.0. The van der Waals surface area contributed by atoms with Crippen molar-refractivity contribution in [3.63, 3.8) is 0 Å². The number of carbonyl (C=O) groups excluding carboxylic acids is 1. The first-order chi connectivity index (χ1) is 16.1. The van der Waals surface area contributed by atoms with Crippen molar-refractivity contribution in [3.8, 4) is 11.3 Å². The van der Waals surface area contributed by atoms with E-state index in [1.165, 1.54) is 0 Å². The average molecular weight is 443 g/mol. The highest BCUT2D eigenvalue weighted by Gasteiger charge is 2.18. The summed E-state index contributed by atoms with van der Waals surface area (Å²) < 4.78 is 1.74. The smallest absolute Gasteiger partial charge is 0.257 e. The Morgan fingerprint density at radius 3 is 2.58 bits per heavy atom. The molecule has 9 heteroatoms. The maximum atomic E-state index is 12.9. The normalized spacial score (nSPS) is 14.5. The molecule has 0 atom stereocenters. The number of aromatic nitrogens is 5. The molecule has 1 aliphatic heterocycles. The van der Waals surface area contributed by atoms with Gasteiger partial charge in [0.2, 0.25) is 0 Å². The lowest BCUT2D eigenvalue weighted by molar-refractivity contribution is 0.102. The Morgan fingerprint density at radius 2 is 1.82 bits per heavy atom. The summed E-state index contributed by atoms with van der Waals surface area (Å²) in [6.45, 7) is 7.06. The van der Waals surface area contributed by atoms with E-state index in [-0.39, 0.29) is 5.91 Å². The van der Waals surface area contributed by atoms with Crippen LogP contribution in [0.1, 0.15) is 17.3 Å². The fourth-order valence-electron chi connectivity index (χ4n) is 4.03. The van der Waals surface area contributed by atoms with Gasteiger partial charge in [0.1, 0.15) is 11.6 Å². The number of rotatable bonds is 5. The predicted octanol–water partition coefficient (Wildman–Crippen LogP) is 2.82. The Hall–Kier alpha value is -3.85. The average Bonchev–Trinajstić information content (AvgIpc) is 3.30.